The van der Waals surface area contributed by atoms with Crippen LogP contribution in [0.2, 0.25) is 0 Å². The zero-order valence-corrected chi connectivity index (χ0v) is 14.3. The molecule has 0 atom stereocenters. The summed E-state index contributed by atoms with van der Waals surface area (Å²) in [7, 11) is 5.50. The van der Waals surface area contributed by atoms with Crippen molar-refractivity contribution in [2.24, 2.45) is 0 Å². The summed E-state index contributed by atoms with van der Waals surface area (Å²) in [5.74, 6) is 0.969. The number of nitrogens with one attached hydrogen (secondary N) is 1. The Balaban J connectivity index is 0.000000485. The van der Waals surface area contributed by atoms with E-state index in [-0.39, 0.29) is 0 Å². The highest BCUT2D eigenvalue weighted by Gasteiger charge is 2.26. The Bertz CT molecular complexity index is 833. The van der Waals surface area contributed by atoms with Crippen molar-refractivity contribution in [3.05, 3.63) is 53.6 Å². The molecule has 2 aromatic carbocycles. The summed E-state index contributed by atoms with van der Waals surface area (Å²) in [5, 5.41) is 4.08. The number of fused-ring (bicyclic) bond motifs is 5. The van der Waals surface area contributed by atoms with Crippen molar-refractivity contribution in [2.45, 2.75) is 19.9 Å². The van der Waals surface area contributed by atoms with Gasteiger partial charge >= 0.3 is 0 Å². The van der Waals surface area contributed by atoms with E-state index in [0.717, 1.165) is 18.7 Å². The lowest BCUT2D eigenvalue weighted by atomic mass is 10.0. The lowest BCUT2D eigenvalue weighted by Crippen LogP contribution is -1.95. The summed E-state index contributed by atoms with van der Waals surface area (Å²) in [5.41, 5.74) is 6.83. The van der Waals surface area contributed by atoms with Gasteiger partial charge in [-0.25, -0.2) is 0 Å². The Morgan fingerprint density at radius 1 is 1.09 bits per heavy atom. The van der Waals surface area contributed by atoms with Crippen molar-refractivity contribution in [1.82, 2.24) is 9.88 Å². The van der Waals surface area contributed by atoms with Gasteiger partial charge in [-0.3, -0.25) is 0 Å². The average molecular weight is 308 g/mol. The van der Waals surface area contributed by atoms with Crippen LogP contribution in [0.25, 0.3) is 22.2 Å². The molecule has 1 aliphatic rings. The Hall–Kier alpha value is -2.26. The van der Waals surface area contributed by atoms with Gasteiger partial charge in [0.15, 0.2) is 0 Å². The van der Waals surface area contributed by atoms with Crippen LogP contribution in [0.15, 0.2) is 42.5 Å². The molecular weight excluding hydrogens is 284 g/mol. The molecule has 2 heterocycles. The fourth-order valence-corrected chi connectivity index (χ4v) is 3.49. The van der Waals surface area contributed by atoms with E-state index in [9.17, 15) is 0 Å². The van der Waals surface area contributed by atoms with E-state index < -0.39 is 0 Å². The standard InChI is InChI=1S/C18H17NO.C2H7N/c1-3-13-15-9-6-10-16(20-2)18(15)19-11-12-7-4-5-8-14(12)17(13)19;1-3-2/h4-10H,3,11H2,1-2H3;3H,1-2H3. The maximum Gasteiger partial charge on any atom is 0.143 e. The van der Waals surface area contributed by atoms with Crippen LogP contribution in [-0.2, 0) is 13.0 Å². The Morgan fingerprint density at radius 3 is 2.52 bits per heavy atom. The van der Waals surface area contributed by atoms with Crippen molar-refractivity contribution in [1.29, 1.82) is 0 Å². The van der Waals surface area contributed by atoms with E-state index >= 15 is 0 Å². The van der Waals surface area contributed by atoms with Crippen molar-refractivity contribution in [3.63, 3.8) is 0 Å². The number of aromatic nitrogens is 1. The number of hydrogen-bond acceptors (Lipinski definition) is 2. The Morgan fingerprint density at radius 2 is 1.83 bits per heavy atom. The largest absolute Gasteiger partial charge is 0.495 e. The van der Waals surface area contributed by atoms with Gasteiger partial charge in [-0.1, -0.05) is 43.3 Å². The molecule has 23 heavy (non-hydrogen) atoms. The first-order valence-electron chi connectivity index (χ1n) is 8.11. The van der Waals surface area contributed by atoms with Gasteiger partial charge in [-0.15, -0.1) is 0 Å². The van der Waals surface area contributed by atoms with Gasteiger partial charge in [0, 0.05) is 17.5 Å². The van der Waals surface area contributed by atoms with Crippen LogP contribution in [0.3, 0.4) is 0 Å². The normalized spacial score (nSPS) is 11.7. The van der Waals surface area contributed by atoms with Crippen LogP contribution < -0.4 is 10.1 Å². The van der Waals surface area contributed by atoms with E-state index in [1.807, 2.05) is 14.1 Å². The smallest absolute Gasteiger partial charge is 0.143 e. The second-order valence-electron chi connectivity index (χ2n) is 5.78. The molecular formula is C20H24N2O. The van der Waals surface area contributed by atoms with Crippen LogP contribution in [0.4, 0.5) is 0 Å². The fraction of sp³-hybridized carbons (Fsp3) is 0.300. The average Bonchev–Trinajstić information content (AvgIpc) is 3.09. The van der Waals surface area contributed by atoms with Crippen LogP contribution in [0.1, 0.15) is 18.1 Å². The molecule has 0 spiro atoms. The summed E-state index contributed by atoms with van der Waals surface area (Å²) < 4.78 is 8.00. The second kappa shape index (κ2) is 6.47. The van der Waals surface area contributed by atoms with E-state index in [1.54, 1.807) is 7.11 Å². The maximum atomic E-state index is 5.59. The molecule has 3 heteroatoms. The molecule has 0 aliphatic carbocycles. The lowest BCUT2D eigenvalue weighted by molar-refractivity contribution is 0.417. The molecule has 0 saturated carbocycles. The van der Waals surface area contributed by atoms with Crippen LogP contribution >= 0.6 is 0 Å². The van der Waals surface area contributed by atoms with Gasteiger partial charge in [0.2, 0.25) is 0 Å². The highest BCUT2D eigenvalue weighted by atomic mass is 16.5. The molecule has 4 rings (SSSR count). The third-order valence-electron chi connectivity index (χ3n) is 4.32. The number of nitrogens with zero attached hydrogens (tertiary/aromatic N) is 1. The van der Waals surface area contributed by atoms with E-state index in [4.69, 9.17) is 4.74 Å². The fourth-order valence-electron chi connectivity index (χ4n) is 3.49. The third kappa shape index (κ3) is 2.41. The quantitative estimate of drug-likeness (QED) is 0.604. The summed E-state index contributed by atoms with van der Waals surface area (Å²) in [4.78, 5) is 0. The molecule has 0 unspecified atom stereocenters. The predicted octanol–water partition coefficient (Wildman–Crippen LogP) is 4.08. The van der Waals surface area contributed by atoms with E-state index in [2.05, 4.69) is 59.3 Å². The van der Waals surface area contributed by atoms with Crippen LogP contribution in [-0.4, -0.2) is 25.8 Å². The van der Waals surface area contributed by atoms with Gasteiger partial charge in [0.05, 0.1) is 18.3 Å². The molecule has 0 fully saturated rings. The van der Waals surface area contributed by atoms with Crippen molar-refractivity contribution < 1.29 is 4.74 Å². The number of para-hydroxylation sites is 1. The SMILES string of the molecule is CCc1c2n(c3c(OC)cccc13)Cc1ccccc1-2.CNC. The molecule has 3 nitrogen and oxygen atoms in total. The molecule has 1 N–H and O–H groups in total. The van der Waals surface area contributed by atoms with Gasteiger partial charge in [-0.05, 0) is 37.7 Å². The molecule has 1 aromatic heterocycles. The maximum absolute atomic E-state index is 5.59. The van der Waals surface area contributed by atoms with Gasteiger partial charge in [0.25, 0.3) is 0 Å². The number of methoxy groups -OCH3 is 1. The predicted molar refractivity (Wildman–Crippen MR) is 97.4 cm³/mol. The molecule has 1 aliphatic heterocycles. The minimum Gasteiger partial charge on any atom is -0.495 e. The van der Waals surface area contributed by atoms with E-state index in [1.165, 1.54) is 33.3 Å². The van der Waals surface area contributed by atoms with E-state index in [0.29, 0.717) is 0 Å². The molecule has 0 saturated heterocycles. The molecule has 0 amide bonds. The third-order valence-corrected chi connectivity index (χ3v) is 4.32. The summed E-state index contributed by atoms with van der Waals surface area (Å²) in [6, 6.07) is 15.1. The molecule has 0 bridgehead atoms. The molecule has 120 valence electrons. The number of benzene rings is 2. The van der Waals surface area contributed by atoms with Crippen molar-refractivity contribution in [2.75, 3.05) is 21.2 Å². The zero-order valence-electron chi connectivity index (χ0n) is 14.3. The Labute approximate surface area is 137 Å². The highest BCUT2D eigenvalue weighted by Crippen LogP contribution is 2.43. The van der Waals surface area contributed by atoms with Gasteiger partial charge in [0.1, 0.15) is 5.75 Å². The van der Waals surface area contributed by atoms with Crippen molar-refractivity contribution >= 4 is 10.9 Å². The first kappa shape index (κ1) is 15.6. The number of ether oxygens (including phenoxy) is 1. The first-order valence-corrected chi connectivity index (χ1v) is 8.11. The lowest BCUT2D eigenvalue weighted by Gasteiger charge is -2.06. The molecule has 3 aromatic rings. The highest BCUT2D eigenvalue weighted by molar-refractivity contribution is 5.97. The van der Waals surface area contributed by atoms with Crippen molar-refractivity contribution in [3.8, 4) is 17.0 Å². The van der Waals surface area contributed by atoms with Gasteiger partial charge in [-0.2, -0.15) is 0 Å². The Kier molecular flexibility index (Phi) is 4.39. The number of rotatable bonds is 2. The minimum atomic E-state index is 0.947. The zero-order chi connectivity index (χ0) is 16.4. The summed E-state index contributed by atoms with van der Waals surface area (Å²) in [6.07, 6.45) is 1.04. The number of hydrogen-bond donors (Lipinski definition) is 1. The topological polar surface area (TPSA) is 26.2 Å². The van der Waals surface area contributed by atoms with Gasteiger partial charge < -0.3 is 14.6 Å². The summed E-state index contributed by atoms with van der Waals surface area (Å²) >= 11 is 0. The summed E-state index contributed by atoms with van der Waals surface area (Å²) in [6.45, 7) is 3.18. The number of aryl methyl sites for hydroxylation is 1. The first-order chi connectivity index (χ1) is 11.3. The van der Waals surface area contributed by atoms with Crippen LogP contribution in [0.5, 0.6) is 5.75 Å². The second-order valence-corrected chi connectivity index (χ2v) is 5.78. The minimum absolute atomic E-state index is 0.947. The van der Waals surface area contributed by atoms with Crippen LogP contribution in [0, 0.1) is 0 Å². The monoisotopic (exact) mass is 308 g/mol. The molecule has 0 radical (unpaired) electrons.